The molecular weight excluding hydrogens is 204 g/mol. The van der Waals surface area contributed by atoms with Crippen LogP contribution in [0.25, 0.3) is 0 Å². The molecule has 0 amide bonds. The third-order valence-electron chi connectivity index (χ3n) is 3.41. The minimum atomic E-state index is 0.308. The maximum atomic E-state index is 5.79. The predicted octanol–water partition coefficient (Wildman–Crippen LogP) is -0.00420. The molecule has 1 aromatic rings. The van der Waals surface area contributed by atoms with Gasteiger partial charge in [0.15, 0.2) is 0 Å². The van der Waals surface area contributed by atoms with Gasteiger partial charge in [0.25, 0.3) is 0 Å². The lowest BCUT2D eigenvalue weighted by Gasteiger charge is -2.33. The number of nitrogens with zero attached hydrogens (tertiary/aromatic N) is 4. The van der Waals surface area contributed by atoms with Gasteiger partial charge in [0, 0.05) is 32.0 Å². The van der Waals surface area contributed by atoms with Crippen LogP contribution in [0.3, 0.4) is 0 Å². The zero-order valence-electron chi connectivity index (χ0n) is 9.41. The topological polar surface area (TPSA) is 41.5 Å². The van der Waals surface area contributed by atoms with Crippen molar-refractivity contribution in [2.24, 2.45) is 0 Å². The molecule has 3 heterocycles. The maximum absolute atomic E-state index is 5.79. The van der Waals surface area contributed by atoms with Crippen molar-refractivity contribution in [3.63, 3.8) is 0 Å². The lowest BCUT2D eigenvalue weighted by Crippen LogP contribution is -2.48. The van der Waals surface area contributed by atoms with Gasteiger partial charge in [-0.1, -0.05) is 0 Å². The van der Waals surface area contributed by atoms with Gasteiger partial charge < -0.3 is 9.64 Å². The molecule has 5 heteroatoms. The number of fused-ring (bicyclic) bond motifs is 1. The van der Waals surface area contributed by atoms with Crippen molar-refractivity contribution in [1.82, 2.24) is 14.9 Å². The first-order valence-electron chi connectivity index (χ1n) is 5.68. The van der Waals surface area contributed by atoms with Crippen LogP contribution in [0, 0.1) is 0 Å². The quantitative estimate of drug-likeness (QED) is 0.666. The van der Waals surface area contributed by atoms with Gasteiger partial charge in [-0.3, -0.25) is 4.90 Å². The van der Waals surface area contributed by atoms with Crippen LogP contribution in [0.5, 0.6) is 0 Å². The van der Waals surface area contributed by atoms with E-state index in [0.29, 0.717) is 12.1 Å². The Balaban J connectivity index is 1.77. The van der Waals surface area contributed by atoms with Crippen LogP contribution in [0.2, 0.25) is 0 Å². The molecule has 0 bridgehead atoms. The average molecular weight is 220 g/mol. The summed E-state index contributed by atoms with van der Waals surface area (Å²) in [6, 6.07) is 2.33. The van der Waals surface area contributed by atoms with Crippen molar-refractivity contribution in [3.05, 3.63) is 18.5 Å². The molecular formula is C11H16N4O. The van der Waals surface area contributed by atoms with Crippen molar-refractivity contribution in [1.29, 1.82) is 0 Å². The van der Waals surface area contributed by atoms with Gasteiger partial charge in [-0.05, 0) is 13.1 Å². The van der Waals surface area contributed by atoms with Gasteiger partial charge >= 0.3 is 0 Å². The number of anilines is 1. The minimum absolute atomic E-state index is 0.308. The fourth-order valence-corrected chi connectivity index (χ4v) is 2.48. The number of aromatic nitrogens is 2. The molecule has 0 radical (unpaired) electrons. The molecule has 0 spiro atoms. The summed E-state index contributed by atoms with van der Waals surface area (Å²) in [5, 5.41) is 0. The van der Waals surface area contributed by atoms with Crippen molar-refractivity contribution in [2.45, 2.75) is 12.1 Å². The molecule has 3 rings (SSSR count). The molecule has 2 saturated heterocycles. The highest BCUT2D eigenvalue weighted by Gasteiger charge is 2.39. The Morgan fingerprint density at radius 2 is 2.12 bits per heavy atom. The standard InChI is InChI=1S/C11H16N4O/c1-14-5-6-16-10-8-15(7-9(10)14)11-12-3-2-4-13-11/h2-4,9-10H,5-8H2,1H3/t9-,10+/m0/s1. The second-order valence-corrected chi connectivity index (χ2v) is 4.41. The van der Waals surface area contributed by atoms with Crippen molar-refractivity contribution < 1.29 is 4.74 Å². The van der Waals surface area contributed by atoms with E-state index in [1.165, 1.54) is 0 Å². The number of morpholine rings is 1. The van der Waals surface area contributed by atoms with E-state index in [1.807, 2.05) is 6.07 Å². The lowest BCUT2D eigenvalue weighted by atomic mass is 10.1. The Labute approximate surface area is 95.0 Å². The Kier molecular flexibility index (Phi) is 2.49. The van der Waals surface area contributed by atoms with Crippen LogP contribution in [0.4, 0.5) is 5.95 Å². The van der Waals surface area contributed by atoms with E-state index in [1.54, 1.807) is 12.4 Å². The molecule has 1 aromatic heterocycles. The van der Waals surface area contributed by atoms with Gasteiger partial charge in [0.05, 0.1) is 18.8 Å². The molecule has 5 nitrogen and oxygen atoms in total. The molecule has 0 N–H and O–H groups in total. The molecule has 0 unspecified atom stereocenters. The van der Waals surface area contributed by atoms with E-state index < -0.39 is 0 Å². The third-order valence-corrected chi connectivity index (χ3v) is 3.41. The van der Waals surface area contributed by atoms with Crippen LogP contribution in [-0.2, 0) is 4.74 Å². The van der Waals surface area contributed by atoms with Crippen molar-refractivity contribution in [2.75, 3.05) is 38.2 Å². The maximum Gasteiger partial charge on any atom is 0.225 e. The Morgan fingerprint density at radius 1 is 1.31 bits per heavy atom. The second-order valence-electron chi connectivity index (χ2n) is 4.41. The van der Waals surface area contributed by atoms with Gasteiger partial charge in [-0.2, -0.15) is 0 Å². The van der Waals surface area contributed by atoms with E-state index in [9.17, 15) is 0 Å². The van der Waals surface area contributed by atoms with Crippen LogP contribution >= 0.6 is 0 Å². The van der Waals surface area contributed by atoms with E-state index >= 15 is 0 Å². The highest BCUT2D eigenvalue weighted by atomic mass is 16.5. The first kappa shape index (κ1) is 9.99. The smallest absolute Gasteiger partial charge is 0.225 e. The highest BCUT2D eigenvalue weighted by molar-refractivity contribution is 5.32. The predicted molar refractivity (Wildman–Crippen MR) is 60.4 cm³/mol. The van der Waals surface area contributed by atoms with Gasteiger partial charge in [0.1, 0.15) is 0 Å². The molecule has 2 aliphatic heterocycles. The summed E-state index contributed by atoms with van der Waals surface area (Å²) in [4.78, 5) is 13.1. The Hall–Kier alpha value is -1.20. The van der Waals surface area contributed by atoms with Crippen molar-refractivity contribution in [3.8, 4) is 0 Å². The molecule has 2 fully saturated rings. The minimum Gasteiger partial charge on any atom is -0.373 e. The fourth-order valence-electron chi connectivity index (χ4n) is 2.48. The molecule has 0 aromatic carbocycles. The summed E-state index contributed by atoms with van der Waals surface area (Å²) in [5.74, 6) is 0.814. The normalized spacial score (nSPS) is 30.4. The highest BCUT2D eigenvalue weighted by Crippen LogP contribution is 2.23. The summed E-state index contributed by atoms with van der Waals surface area (Å²) < 4.78 is 5.79. The first-order valence-corrected chi connectivity index (χ1v) is 5.68. The summed E-state index contributed by atoms with van der Waals surface area (Å²) in [6.45, 7) is 3.72. The van der Waals surface area contributed by atoms with E-state index in [-0.39, 0.29) is 0 Å². The SMILES string of the molecule is CN1CCO[C@@H]2CN(c3ncccn3)C[C@@H]21. The zero-order valence-corrected chi connectivity index (χ0v) is 9.41. The van der Waals surface area contributed by atoms with Crippen LogP contribution < -0.4 is 4.90 Å². The molecule has 0 aliphatic carbocycles. The van der Waals surface area contributed by atoms with E-state index in [0.717, 1.165) is 32.2 Å². The van der Waals surface area contributed by atoms with Gasteiger partial charge in [-0.15, -0.1) is 0 Å². The Bertz CT molecular complexity index is 358. The second kappa shape index (κ2) is 3.99. The molecule has 86 valence electrons. The molecule has 16 heavy (non-hydrogen) atoms. The summed E-state index contributed by atoms with van der Waals surface area (Å²) in [6.07, 6.45) is 3.88. The Morgan fingerprint density at radius 3 is 2.88 bits per heavy atom. The van der Waals surface area contributed by atoms with Crippen LogP contribution in [0.15, 0.2) is 18.5 Å². The summed E-state index contributed by atoms with van der Waals surface area (Å²) in [5.41, 5.74) is 0. The van der Waals surface area contributed by atoms with Gasteiger partial charge in [-0.25, -0.2) is 9.97 Å². The number of hydrogen-bond donors (Lipinski definition) is 0. The fraction of sp³-hybridized carbons (Fsp3) is 0.636. The molecule has 2 atom stereocenters. The summed E-state index contributed by atoms with van der Waals surface area (Å²) in [7, 11) is 2.16. The molecule has 2 aliphatic rings. The van der Waals surface area contributed by atoms with E-state index in [2.05, 4.69) is 26.8 Å². The number of likely N-dealkylation sites (N-methyl/N-ethyl adjacent to an activating group) is 1. The lowest BCUT2D eigenvalue weighted by molar-refractivity contribution is -0.0362. The molecule has 0 saturated carbocycles. The van der Waals surface area contributed by atoms with Crippen LogP contribution in [-0.4, -0.2) is 60.3 Å². The largest absolute Gasteiger partial charge is 0.373 e. The van der Waals surface area contributed by atoms with E-state index in [4.69, 9.17) is 4.74 Å². The third kappa shape index (κ3) is 1.66. The summed E-state index contributed by atoms with van der Waals surface area (Å²) >= 11 is 0. The van der Waals surface area contributed by atoms with Gasteiger partial charge in [0.2, 0.25) is 5.95 Å². The van der Waals surface area contributed by atoms with Crippen LogP contribution in [0.1, 0.15) is 0 Å². The number of rotatable bonds is 1. The monoisotopic (exact) mass is 220 g/mol. The first-order chi connectivity index (χ1) is 7.84. The zero-order chi connectivity index (χ0) is 11.0. The van der Waals surface area contributed by atoms with Crippen molar-refractivity contribution >= 4 is 5.95 Å². The number of hydrogen-bond acceptors (Lipinski definition) is 5. The number of ether oxygens (including phenoxy) is 1. The average Bonchev–Trinajstić information content (AvgIpc) is 2.76.